The molecule has 106 valence electrons. The summed E-state index contributed by atoms with van der Waals surface area (Å²) in [5.41, 5.74) is 0.568. The van der Waals surface area contributed by atoms with Gasteiger partial charge in [-0.3, -0.25) is 4.90 Å². The molecule has 1 saturated heterocycles. The second-order valence-electron chi connectivity index (χ2n) is 4.77. The van der Waals surface area contributed by atoms with E-state index in [0.717, 1.165) is 25.9 Å². The van der Waals surface area contributed by atoms with Crippen molar-refractivity contribution in [3.63, 3.8) is 0 Å². The van der Waals surface area contributed by atoms with E-state index in [-0.39, 0.29) is 18.5 Å². The zero-order valence-corrected chi connectivity index (χ0v) is 11.6. The van der Waals surface area contributed by atoms with E-state index in [1.807, 2.05) is 0 Å². The van der Waals surface area contributed by atoms with Gasteiger partial charge in [0.25, 0.3) is 0 Å². The first-order valence-corrected chi connectivity index (χ1v) is 6.96. The number of benzene rings is 1. The smallest absolute Gasteiger partial charge is 0.129 e. The van der Waals surface area contributed by atoms with Gasteiger partial charge in [-0.2, -0.15) is 0 Å². The quantitative estimate of drug-likeness (QED) is 0.903. The number of piperidine rings is 1. The highest BCUT2D eigenvalue weighted by Crippen LogP contribution is 2.23. The molecule has 0 radical (unpaired) electrons. The molecule has 0 unspecified atom stereocenters. The summed E-state index contributed by atoms with van der Waals surface area (Å²) in [6.07, 6.45) is 2.03. The second kappa shape index (κ2) is 7.20. The van der Waals surface area contributed by atoms with Gasteiger partial charge < -0.3 is 9.84 Å². The van der Waals surface area contributed by atoms with Crippen LogP contribution in [0.15, 0.2) is 18.2 Å². The summed E-state index contributed by atoms with van der Waals surface area (Å²) in [7, 11) is 0. The van der Waals surface area contributed by atoms with E-state index < -0.39 is 0 Å². The molecule has 0 atom stereocenters. The number of likely N-dealkylation sites (tertiary alicyclic amines) is 1. The van der Waals surface area contributed by atoms with E-state index in [2.05, 4.69) is 4.90 Å². The molecule has 1 aromatic carbocycles. The number of aliphatic hydroxyl groups is 1. The minimum absolute atomic E-state index is 0.0606. The summed E-state index contributed by atoms with van der Waals surface area (Å²) in [4.78, 5) is 2.18. The van der Waals surface area contributed by atoms with E-state index >= 15 is 0 Å². The third-order valence-electron chi connectivity index (χ3n) is 3.42. The maximum atomic E-state index is 13.7. The molecule has 1 fully saturated rings. The van der Waals surface area contributed by atoms with E-state index in [0.29, 0.717) is 23.7 Å². The third-order valence-corrected chi connectivity index (χ3v) is 3.78. The molecule has 1 N–H and O–H groups in total. The highest BCUT2D eigenvalue weighted by atomic mass is 35.5. The minimum Gasteiger partial charge on any atom is -0.394 e. The van der Waals surface area contributed by atoms with Gasteiger partial charge in [0, 0.05) is 30.2 Å². The summed E-state index contributed by atoms with van der Waals surface area (Å²) in [6, 6.07) is 4.78. The topological polar surface area (TPSA) is 32.7 Å². The van der Waals surface area contributed by atoms with Crippen molar-refractivity contribution in [1.29, 1.82) is 0 Å². The number of rotatable bonds is 5. The minimum atomic E-state index is -0.244. The van der Waals surface area contributed by atoms with Gasteiger partial charge in [-0.25, -0.2) is 4.39 Å². The van der Waals surface area contributed by atoms with Crippen LogP contribution >= 0.6 is 11.6 Å². The number of halogens is 2. The normalized spacial score (nSPS) is 17.8. The molecule has 0 bridgehead atoms. The Morgan fingerprint density at radius 1 is 1.37 bits per heavy atom. The predicted molar refractivity (Wildman–Crippen MR) is 72.7 cm³/mol. The fourth-order valence-corrected chi connectivity index (χ4v) is 2.58. The zero-order valence-electron chi connectivity index (χ0n) is 10.8. The first kappa shape index (κ1) is 14.7. The molecule has 0 spiro atoms. The van der Waals surface area contributed by atoms with Crippen LogP contribution in [-0.2, 0) is 11.3 Å². The Hall–Kier alpha value is -0.680. The molecular formula is C14H19ClFNO2. The molecule has 1 aliphatic heterocycles. The predicted octanol–water partition coefficient (Wildman–Crippen LogP) is 2.45. The first-order valence-electron chi connectivity index (χ1n) is 6.58. The Bertz CT molecular complexity index is 388. The van der Waals surface area contributed by atoms with Gasteiger partial charge >= 0.3 is 0 Å². The average Bonchev–Trinajstić information content (AvgIpc) is 2.42. The maximum absolute atomic E-state index is 13.7. The molecule has 0 aliphatic carbocycles. The van der Waals surface area contributed by atoms with Crippen molar-refractivity contribution < 1.29 is 14.2 Å². The van der Waals surface area contributed by atoms with Crippen molar-refractivity contribution in [3.05, 3.63) is 34.6 Å². The largest absolute Gasteiger partial charge is 0.394 e. The Morgan fingerprint density at radius 3 is 2.74 bits per heavy atom. The van der Waals surface area contributed by atoms with Crippen LogP contribution in [0, 0.1) is 5.82 Å². The molecule has 1 aliphatic rings. The lowest BCUT2D eigenvalue weighted by atomic mass is 10.1. The van der Waals surface area contributed by atoms with Crippen LogP contribution < -0.4 is 0 Å². The van der Waals surface area contributed by atoms with Crippen molar-refractivity contribution in [2.45, 2.75) is 25.5 Å². The average molecular weight is 288 g/mol. The van der Waals surface area contributed by atoms with Gasteiger partial charge in [0.1, 0.15) is 5.82 Å². The third kappa shape index (κ3) is 4.14. The Kier molecular flexibility index (Phi) is 5.58. The fourth-order valence-electron chi connectivity index (χ4n) is 2.36. The van der Waals surface area contributed by atoms with Crippen LogP contribution in [0.2, 0.25) is 5.02 Å². The standard InChI is InChI=1S/C14H19ClFNO2/c15-13-2-1-3-14(16)12(13)10-17-6-4-11(5-7-17)19-9-8-18/h1-3,11,18H,4-10H2. The molecule has 1 heterocycles. The highest BCUT2D eigenvalue weighted by molar-refractivity contribution is 6.31. The van der Waals surface area contributed by atoms with Crippen LogP contribution in [0.5, 0.6) is 0 Å². The van der Waals surface area contributed by atoms with Gasteiger partial charge in [-0.1, -0.05) is 17.7 Å². The fraction of sp³-hybridized carbons (Fsp3) is 0.571. The molecule has 3 nitrogen and oxygen atoms in total. The van der Waals surface area contributed by atoms with Crippen LogP contribution in [0.4, 0.5) is 4.39 Å². The summed E-state index contributed by atoms with van der Waals surface area (Å²) in [5, 5.41) is 9.20. The number of aliphatic hydroxyl groups excluding tert-OH is 1. The second-order valence-corrected chi connectivity index (χ2v) is 5.18. The lowest BCUT2D eigenvalue weighted by Crippen LogP contribution is -2.37. The van der Waals surface area contributed by atoms with Gasteiger partial charge in [-0.05, 0) is 25.0 Å². The van der Waals surface area contributed by atoms with Crippen LogP contribution in [-0.4, -0.2) is 42.4 Å². The van der Waals surface area contributed by atoms with Crippen LogP contribution in [0.1, 0.15) is 18.4 Å². The monoisotopic (exact) mass is 287 g/mol. The van der Waals surface area contributed by atoms with Crippen LogP contribution in [0.25, 0.3) is 0 Å². The number of hydrogen-bond acceptors (Lipinski definition) is 3. The Balaban J connectivity index is 1.85. The molecule has 5 heteroatoms. The molecule has 0 amide bonds. The van der Waals surface area contributed by atoms with Gasteiger partial charge in [0.05, 0.1) is 19.3 Å². The maximum Gasteiger partial charge on any atom is 0.129 e. The van der Waals surface area contributed by atoms with E-state index in [4.69, 9.17) is 21.4 Å². The van der Waals surface area contributed by atoms with E-state index in [1.54, 1.807) is 12.1 Å². The lowest BCUT2D eigenvalue weighted by molar-refractivity contribution is -0.00914. The summed E-state index contributed by atoms with van der Waals surface area (Å²) in [5.74, 6) is -0.244. The van der Waals surface area contributed by atoms with Gasteiger partial charge in [0.15, 0.2) is 0 Å². The number of nitrogens with zero attached hydrogens (tertiary/aromatic N) is 1. The van der Waals surface area contributed by atoms with Gasteiger partial charge in [-0.15, -0.1) is 0 Å². The summed E-state index contributed by atoms with van der Waals surface area (Å²) >= 11 is 6.03. The Labute approximate surface area is 117 Å². The van der Waals surface area contributed by atoms with Crippen LogP contribution in [0.3, 0.4) is 0 Å². The molecule has 19 heavy (non-hydrogen) atoms. The van der Waals surface area contributed by atoms with Crippen molar-refractivity contribution in [2.24, 2.45) is 0 Å². The van der Waals surface area contributed by atoms with E-state index in [1.165, 1.54) is 6.07 Å². The summed E-state index contributed by atoms with van der Waals surface area (Å²) < 4.78 is 19.2. The van der Waals surface area contributed by atoms with Crippen molar-refractivity contribution in [3.8, 4) is 0 Å². The first-order chi connectivity index (χ1) is 9.20. The molecule has 0 saturated carbocycles. The summed E-state index contributed by atoms with van der Waals surface area (Å²) in [6.45, 7) is 2.72. The number of hydrogen-bond donors (Lipinski definition) is 1. The van der Waals surface area contributed by atoms with E-state index in [9.17, 15) is 4.39 Å². The zero-order chi connectivity index (χ0) is 13.7. The van der Waals surface area contributed by atoms with Crippen molar-refractivity contribution in [1.82, 2.24) is 4.90 Å². The molecule has 2 rings (SSSR count). The molecule has 1 aromatic rings. The highest BCUT2D eigenvalue weighted by Gasteiger charge is 2.21. The SMILES string of the molecule is OCCOC1CCN(Cc2c(F)cccc2Cl)CC1. The van der Waals surface area contributed by atoms with Crippen molar-refractivity contribution in [2.75, 3.05) is 26.3 Å². The molecular weight excluding hydrogens is 269 g/mol. The lowest BCUT2D eigenvalue weighted by Gasteiger charge is -2.32. The Morgan fingerprint density at radius 2 is 2.11 bits per heavy atom. The van der Waals surface area contributed by atoms with Crippen molar-refractivity contribution >= 4 is 11.6 Å². The number of ether oxygens (including phenoxy) is 1. The van der Waals surface area contributed by atoms with Gasteiger partial charge in [0.2, 0.25) is 0 Å². The molecule has 0 aromatic heterocycles.